The van der Waals surface area contributed by atoms with Gasteiger partial charge in [0, 0.05) is 12.6 Å². The van der Waals surface area contributed by atoms with Crippen molar-refractivity contribution in [2.75, 3.05) is 5.73 Å². The number of hydrogen-bond acceptors (Lipinski definition) is 4. The van der Waals surface area contributed by atoms with Gasteiger partial charge in [0.1, 0.15) is 11.5 Å². The third-order valence-corrected chi connectivity index (χ3v) is 3.15. The van der Waals surface area contributed by atoms with E-state index in [-0.39, 0.29) is 6.42 Å². The molecule has 84 valence electrons. The summed E-state index contributed by atoms with van der Waals surface area (Å²) in [7, 11) is 1.71. The molecule has 6 heteroatoms. The van der Waals surface area contributed by atoms with E-state index in [9.17, 15) is 4.79 Å². The molecule has 0 amide bonds. The van der Waals surface area contributed by atoms with Gasteiger partial charge in [-0.3, -0.25) is 9.48 Å². The Labute approximate surface area is 96.1 Å². The molecule has 0 fully saturated rings. The third kappa shape index (κ3) is 1.79. The van der Waals surface area contributed by atoms with Crippen LogP contribution >= 0.6 is 11.3 Å². The normalized spacial score (nSPS) is 10.6. The Morgan fingerprint density at radius 2 is 2.44 bits per heavy atom. The molecule has 0 aliphatic heterocycles. The summed E-state index contributed by atoms with van der Waals surface area (Å²) in [6.07, 6.45) is -0.104. The molecule has 0 spiro atoms. The van der Waals surface area contributed by atoms with Gasteiger partial charge in [0.25, 0.3) is 0 Å². The topological polar surface area (TPSA) is 81.1 Å². The molecular formula is C10H11N3O2S. The first-order chi connectivity index (χ1) is 7.59. The van der Waals surface area contributed by atoms with Crippen molar-refractivity contribution in [3.8, 4) is 10.6 Å². The SMILES string of the molecule is Cn1nc(-c2cccs2)c(CC(=O)O)c1N. The average molecular weight is 237 g/mol. The number of aromatic nitrogens is 2. The smallest absolute Gasteiger partial charge is 0.308 e. The van der Waals surface area contributed by atoms with Gasteiger partial charge in [-0.15, -0.1) is 11.3 Å². The Kier molecular flexibility index (Phi) is 2.66. The van der Waals surface area contributed by atoms with Crippen LogP contribution in [-0.2, 0) is 18.3 Å². The zero-order chi connectivity index (χ0) is 11.7. The molecule has 2 aromatic rings. The van der Waals surface area contributed by atoms with E-state index in [0.29, 0.717) is 17.1 Å². The van der Waals surface area contributed by atoms with E-state index in [4.69, 9.17) is 10.8 Å². The van der Waals surface area contributed by atoms with Crippen molar-refractivity contribution in [3.63, 3.8) is 0 Å². The van der Waals surface area contributed by atoms with E-state index in [2.05, 4.69) is 5.10 Å². The summed E-state index contributed by atoms with van der Waals surface area (Å²) >= 11 is 1.51. The lowest BCUT2D eigenvalue weighted by atomic mass is 10.1. The number of carboxylic acid groups (broad SMARTS) is 1. The molecule has 0 unspecified atom stereocenters. The fourth-order valence-corrected chi connectivity index (χ4v) is 2.25. The van der Waals surface area contributed by atoms with E-state index >= 15 is 0 Å². The van der Waals surface area contributed by atoms with Crippen LogP contribution < -0.4 is 5.73 Å². The molecule has 3 N–H and O–H groups in total. The predicted octanol–water partition coefficient (Wildman–Crippen LogP) is 1.36. The van der Waals surface area contributed by atoms with E-state index in [1.54, 1.807) is 7.05 Å². The van der Waals surface area contributed by atoms with Gasteiger partial charge in [0.15, 0.2) is 0 Å². The molecular weight excluding hydrogens is 226 g/mol. The highest BCUT2D eigenvalue weighted by molar-refractivity contribution is 7.13. The van der Waals surface area contributed by atoms with Crippen LogP contribution in [0.5, 0.6) is 0 Å². The second kappa shape index (κ2) is 3.97. The molecule has 0 aliphatic rings. The standard InChI is InChI=1S/C10H11N3O2S/c1-13-10(11)6(5-8(14)15)9(12-13)7-3-2-4-16-7/h2-4H,5,11H2,1H3,(H,14,15). The summed E-state index contributed by atoms with van der Waals surface area (Å²) in [6.45, 7) is 0. The second-order valence-electron chi connectivity index (χ2n) is 3.38. The van der Waals surface area contributed by atoms with Gasteiger partial charge in [-0.25, -0.2) is 0 Å². The number of nitrogens with zero attached hydrogens (tertiary/aromatic N) is 2. The van der Waals surface area contributed by atoms with E-state index < -0.39 is 5.97 Å². The molecule has 0 saturated carbocycles. The number of rotatable bonds is 3. The number of anilines is 1. The van der Waals surface area contributed by atoms with Crippen LogP contribution in [0.1, 0.15) is 5.56 Å². The number of carboxylic acids is 1. The van der Waals surface area contributed by atoms with Crippen molar-refractivity contribution in [3.05, 3.63) is 23.1 Å². The summed E-state index contributed by atoms with van der Waals surface area (Å²) in [6, 6.07) is 3.80. The first-order valence-corrected chi connectivity index (χ1v) is 5.54. The van der Waals surface area contributed by atoms with Crippen molar-refractivity contribution in [1.29, 1.82) is 0 Å². The van der Waals surface area contributed by atoms with Gasteiger partial charge in [0.2, 0.25) is 0 Å². The van der Waals surface area contributed by atoms with Gasteiger partial charge in [0.05, 0.1) is 11.3 Å². The third-order valence-electron chi connectivity index (χ3n) is 2.28. The molecule has 0 aliphatic carbocycles. The molecule has 0 atom stereocenters. The minimum Gasteiger partial charge on any atom is -0.481 e. The molecule has 2 aromatic heterocycles. The van der Waals surface area contributed by atoms with Crippen molar-refractivity contribution >= 4 is 23.1 Å². The molecule has 0 bridgehead atoms. The fourth-order valence-electron chi connectivity index (χ4n) is 1.52. The zero-order valence-corrected chi connectivity index (χ0v) is 9.49. The molecule has 2 rings (SSSR count). The second-order valence-corrected chi connectivity index (χ2v) is 4.33. The van der Waals surface area contributed by atoms with E-state index in [1.807, 2.05) is 17.5 Å². The number of thiophene rings is 1. The predicted molar refractivity (Wildman–Crippen MR) is 62.3 cm³/mol. The lowest BCUT2D eigenvalue weighted by Gasteiger charge is -1.98. The van der Waals surface area contributed by atoms with Crippen LogP contribution in [0.25, 0.3) is 10.6 Å². The molecule has 5 nitrogen and oxygen atoms in total. The van der Waals surface area contributed by atoms with Gasteiger partial charge in [-0.2, -0.15) is 5.10 Å². The molecule has 0 aromatic carbocycles. The number of aryl methyl sites for hydroxylation is 1. The van der Waals surface area contributed by atoms with Gasteiger partial charge >= 0.3 is 5.97 Å². The number of hydrogen-bond donors (Lipinski definition) is 2. The summed E-state index contributed by atoms with van der Waals surface area (Å²) in [5, 5.41) is 15.0. The molecule has 0 saturated heterocycles. The largest absolute Gasteiger partial charge is 0.481 e. The fraction of sp³-hybridized carbons (Fsp3) is 0.200. The van der Waals surface area contributed by atoms with Crippen LogP contribution in [0.4, 0.5) is 5.82 Å². The number of aliphatic carboxylic acids is 1. The first-order valence-electron chi connectivity index (χ1n) is 4.66. The van der Waals surface area contributed by atoms with Crippen LogP contribution in [0.2, 0.25) is 0 Å². The van der Waals surface area contributed by atoms with Crippen LogP contribution in [-0.4, -0.2) is 20.9 Å². The highest BCUT2D eigenvalue weighted by atomic mass is 32.1. The Bertz CT molecular complexity index is 516. The summed E-state index contributed by atoms with van der Waals surface area (Å²) < 4.78 is 1.51. The Morgan fingerprint density at radius 1 is 1.69 bits per heavy atom. The maximum atomic E-state index is 10.8. The number of nitrogens with two attached hydrogens (primary N) is 1. The number of carbonyl (C=O) groups is 1. The zero-order valence-electron chi connectivity index (χ0n) is 8.67. The average Bonchev–Trinajstić information content (AvgIpc) is 2.81. The van der Waals surface area contributed by atoms with Crippen LogP contribution in [0.3, 0.4) is 0 Å². The minimum absolute atomic E-state index is 0.104. The molecule has 0 radical (unpaired) electrons. The first kappa shape index (κ1) is 10.7. The maximum absolute atomic E-state index is 10.8. The maximum Gasteiger partial charge on any atom is 0.308 e. The van der Waals surface area contributed by atoms with E-state index in [1.165, 1.54) is 16.0 Å². The van der Waals surface area contributed by atoms with Crippen molar-refractivity contribution in [2.45, 2.75) is 6.42 Å². The van der Waals surface area contributed by atoms with Gasteiger partial charge in [-0.1, -0.05) is 6.07 Å². The van der Waals surface area contributed by atoms with Crippen LogP contribution in [0, 0.1) is 0 Å². The summed E-state index contributed by atoms with van der Waals surface area (Å²) in [5.41, 5.74) is 7.04. The van der Waals surface area contributed by atoms with Crippen molar-refractivity contribution in [2.24, 2.45) is 7.05 Å². The monoisotopic (exact) mass is 237 g/mol. The lowest BCUT2D eigenvalue weighted by Crippen LogP contribution is -2.04. The quantitative estimate of drug-likeness (QED) is 0.844. The van der Waals surface area contributed by atoms with Crippen molar-refractivity contribution < 1.29 is 9.90 Å². The van der Waals surface area contributed by atoms with Crippen LogP contribution in [0.15, 0.2) is 17.5 Å². The summed E-state index contributed by atoms with van der Waals surface area (Å²) in [5.74, 6) is -0.497. The Hall–Kier alpha value is -1.82. The lowest BCUT2D eigenvalue weighted by molar-refractivity contribution is -0.136. The molecule has 2 heterocycles. The minimum atomic E-state index is -0.905. The highest BCUT2D eigenvalue weighted by Crippen LogP contribution is 2.30. The summed E-state index contributed by atoms with van der Waals surface area (Å²) in [4.78, 5) is 11.7. The van der Waals surface area contributed by atoms with Crippen molar-refractivity contribution in [1.82, 2.24) is 9.78 Å². The Morgan fingerprint density at radius 3 is 3.00 bits per heavy atom. The molecule has 16 heavy (non-hydrogen) atoms. The Balaban J connectivity index is 2.52. The highest BCUT2D eigenvalue weighted by Gasteiger charge is 2.18. The van der Waals surface area contributed by atoms with Gasteiger partial charge in [-0.05, 0) is 11.4 Å². The van der Waals surface area contributed by atoms with E-state index in [0.717, 1.165) is 4.88 Å². The number of nitrogen functional groups attached to an aromatic ring is 1. The van der Waals surface area contributed by atoms with Gasteiger partial charge < -0.3 is 10.8 Å².